The number of hydrogen-bond donors (Lipinski definition) is 3. The topological polar surface area (TPSA) is 94.5 Å². The van der Waals surface area contributed by atoms with Crippen molar-refractivity contribution < 1.29 is 19.5 Å². The van der Waals surface area contributed by atoms with Gasteiger partial charge in [-0.2, -0.15) is 24.4 Å². The maximum absolute atomic E-state index is 12.2. The van der Waals surface area contributed by atoms with Gasteiger partial charge in [0.1, 0.15) is 6.61 Å². The lowest BCUT2D eigenvalue weighted by Crippen LogP contribution is -2.48. The van der Waals surface area contributed by atoms with Gasteiger partial charge in [0.05, 0.1) is 0 Å². The Morgan fingerprint density at radius 1 is 1.44 bits per heavy atom. The number of nitrogens with one attached hydrogen (secondary N) is 1. The summed E-state index contributed by atoms with van der Waals surface area (Å²) in [5.74, 6) is 1.93. The van der Waals surface area contributed by atoms with E-state index in [4.69, 9.17) is 4.74 Å². The quantitative estimate of drug-likeness (QED) is 0.170. The first-order chi connectivity index (χ1) is 12.0. The molecule has 0 unspecified atom stereocenters. The second-order valence-electron chi connectivity index (χ2n) is 5.84. The van der Waals surface area contributed by atoms with Crippen molar-refractivity contribution in [1.82, 2.24) is 15.1 Å². The third-order valence-electron chi connectivity index (χ3n) is 4.05. The molecule has 2 aliphatic rings. The number of rotatable bonds is 4. The van der Waals surface area contributed by atoms with Crippen LogP contribution in [0, 0.1) is 0 Å². The minimum absolute atomic E-state index is 0.0102. The first kappa shape index (κ1) is 19.8. The molecule has 0 aromatic heterocycles. The lowest BCUT2D eigenvalue weighted by Gasteiger charge is -2.28. The van der Waals surface area contributed by atoms with Crippen LogP contribution < -0.4 is 5.32 Å². The van der Waals surface area contributed by atoms with Crippen molar-refractivity contribution in [3.05, 3.63) is 12.7 Å². The SMILES string of the molecule is C=CCOC(=O)N1C[C@@H](S)C[C@H]1C/C(=N/O)NC(=O)N1CCSCC1. The van der Waals surface area contributed by atoms with E-state index in [1.54, 1.807) is 21.6 Å². The number of urea groups is 1. The maximum atomic E-state index is 12.2. The largest absolute Gasteiger partial charge is 0.445 e. The number of hydrogen-bond acceptors (Lipinski definition) is 7. The molecule has 25 heavy (non-hydrogen) atoms. The molecule has 0 bridgehead atoms. The number of carbonyl (C=O) groups excluding carboxylic acids is 2. The minimum Gasteiger partial charge on any atom is -0.445 e. The Morgan fingerprint density at radius 2 is 2.16 bits per heavy atom. The van der Waals surface area contributed by atoms with Gasteiger partial charge in [-0.05, 0) is 6.42 Å². The third-order valence-corrected chi connectivity index (χ3v) is 5.37. The van der Waals surface area contributed by atoms with E-state index in [0.717, 1.165) is 11.5 Å². The van der Waals surface area contributed by atoms with E-state index < -0.39 is 6.09 Å². The van der Waals surface area contributed by atoms with Crippen LogP contribution in [0.4, 0.5) is 9.59 Å². The summed E-state index contributed by atoms with van der Waals surface area (Å²) in [4.78, 5) is 27.6. The first-order valence-electron chi connectivity index (χ1n) is 8.12. The number of thioether (sulfide) groups is 1. The summed E-state index contributed by atoms with van der Waals surface area (Å²) in [6, 6.07) is -0.530. The second-order valence-corrected chi connectivity index (χ2v) is 7.80. The number of amidine groups is 1. The number of carbonyl (C=O) groups is 2. The molecular weight excluding hydrogens is 364 g/mol. The predicted molar refractivity (Wildman–Crippen MR) is 101 cm³/mol. The van der Waals surface area contributed by atoms with Crippen LogP contribution in [0.15, 0.2) is 17.8 Å². The minimum atomic E-state index is -0.460. The van der Waals surface area contributed by atoms with Crippen LogP contribution in [0.1, 0.15) is 12.8 Å². The van der Waals surface area contributed by atoms with Gasteiger partial charge in [0.15, 0.2) is 5.84 Å². The second kappa shape index (κ2) is 9.81. The number of ether oxygens (including phenoxy) is 1. The van der Waals surface area contributed by atoms with Crippen molar-refractivity contribution in [2.45, 2.75) is 24.1 Å². The van der Waals surface area contributed by atoms with E-state index in [1.165, 1.54) is 6.08 Å². The van der Waals surface area contributed by atoms with Crippen molar-refractivity contribution in [1.29, 1.82) is 0 Å². The molecule has 2 fully saturated rings. The molecule has 2 rings (SSSR count). The summed E-state index contributed by atoms with van der Waals surface area (Å²) in [5, 5.41) is 15.1. The van der Waals surface area contributed by atoms with E-state index in [-0.39, 0.29) is 36.2 Å². The monoisotopic (exact) mass is 388 g/mol. The normalized spacial score (nSPS) is 24.1. The molecule has 2 heterocycles. The van der Waals surface area contributed by atoms with Crippen molar-refractivity contribution in [2.24, 2.45) is 5.16 Å². The van der Waals surface area contributed by atoms with E-state index in [9.17, 15) is 14.8 Å². The Balaban J connectivity index is 1.92. The summed E-state index contributed by atoms with van der Waals surface area (Å²) in [6.45, 7) is 5.42. The van der Waals surface area contributed by atoms with Gasteiger partial charge in [0.25, 0.3) is 0 Å². The summed E-state index contributed by atoms with van der Waals surface area (Å²) >= 11 is 6.23. The Kier molecular flexibility index (Phi) is 7.76. The summed E-state index contributed by atoms with van der Waals surface area (Å²) in [5.41, 5.74) is 0. The Hall–Kier alpha value is -1.55. The number of amides is 3. The highest BCUT2D eigenvalue weighted by molar-refractivity contribution is 7.99. The zero-order valence-corrected chi connectivity index (χ0v) is 15.7. The molecule has 0 radical (unpaired) electrons. The maximum Gasteiger partial charge on any atom is 0.410 e. The molecule has 8 nitrogen and oxygen atoms in total. The van der Waals surface area contributed by atoms with Crippen LogP contribution >= 0.6 is 24.4 Å². The molecule has 2 saturated heterocycles. The lowest BCUT2D eigenvalue weighted by molar-refractivity contribution is 0.109. The molecule has 0 aromatic carbocycles. The van der Waals surface area contributed by atoms with Gasteiger partial charge in [-0.3, -0.25) is 5.32 Å². The number of oxime groups is 1. The van der Waals surface area contributed by atoms with Crippen molar-refractivity contribution in [3.8, 4) is 0 Å². The highest BCUT2D eigenvalue weighted by Crippen LogP contribution is 2.25. The summed E-state index contributed by atoms with van der Waals surface area (Å²) in [7, 11) is 0. The lowest BCUT2D eigenvalue weighted by atomic mass is 10.1. The van der Waals surface area contributed by atoms with Gasteiger partial charge in [0, 0.05) is 48.9 Å². The molecule has 0 saturated carbocycles. The fourth-order valence-corrected chi connectivity index (χ4v) is 4.15. The van der Waals surface area contributed by atoms with Gasteiger partial charge < -0.3 is 19.7 Å². The number of thiol groups is 1. The van der Waals surface area contributed by atoms with Crippen molar-refractivity contribution in [3.63, 3.8) is 0 Å². The van der Waals surface area contributed by atoms with Crippen LogP contribution in [0.2, 0.25) is 0 Å². The molecule has 2 atom stereocenters. The molecule has 0 spiro atoms. The highest BCUT2D eigenvalue weighted by Gasteiger charge is 2.36. The molecule has 3 amide bonds. The third kappa shape index (κ3) is 5.74. The van der Waals surface area contributed by atoms with Gasteiger partial charge in [-0.15, -0.1) is 0 Å². The fourth-order valence-electron chi connectivity index (χ4n) is 2.83. The smallest absolute Gasteiger partial charge is 0.410 e. The van der Waals surface area contributed by atoms with Crippen LogP contribution in [0.25, 0.3) is 0 Å². The summed E-state index contributed by atoms with van der Waals surface area (Å²) in [6.07, 6.45) is 1.89. The van der Waals surface area contributed by atoms with E-state index in [0.29, 0.717) is 26.1 Å². The molecule has 2 N–H and O–H groups in total. The van der Waals surface area contributed by atoms with E-state index in [2.05, 4.69) is 29.7 Å². The van der Waals surface area contributed by atoms with Crippen LogP contribution in [0.5, 0.6) is 0 Å². The molecule has 0 aromatic rings. The predicted octanol–water partition coefficient (Wildman–Crippen LogP) is 1.62. The van der Waals surface area contributed by atoms with Crippen molar-refractivity contribution in [2.75, 3.05) is 37.7 Å². The zero-order chi connectivity index (χ0) is 18.2. The van der Waals surface area contributed by atoms with Crippen molar-refractivity contribution >= 4 is 42.4 Å². The number of likely N-dealkylation sites (tertiary alicyclic amines) is 1. The number of nitrogens with zero attached hydrogens (tertiary/aromatic N) is 3. The zero-order valence-electron chi connectivity index (χ0n) is 14.0. The molecule has 10 heteroatoms. The van der Waals surface area contributed by atoms with Gasteiger partial charge in [-0.25, -0.2) is 9.59 Å². The first-order valence-corrected chi connectivity index (χ1v) is 9.79. The average molecular weight is 389 g/mol. The van der Waals surface area contributed by atoms with Crippen LogP contribution in [-0.2, 0) is 4.74 Å². The van der Waals surface area contributed by atoms with Crippen LogP contribution in [-0.4, -0.2) is 82.0 Å². The van der Waals surface area contributed by atoms with Gasteiger partial charge in [0.2, 0.25) is 0 Å². The molecule has 140 valence electrons. The van der Waals surface area contributed by atoms with E-state index >= 15 is 0 Å². The Bertz CT molecular complexity index is 526. The summed E-state index contributed by atoms with van der Waals surface area (Å²) < 4.78 is 5.08. The van der Waals surface area contributed by atoms with E-state index in [1.807, 2.05) is 0 Å². The highest BCUT2D eigenvalue weighted by atomic mass is 32.2. The van der Waals surface area contributed by atoms with Crippen LogP contribution in [0.3, 0.4) is 0 Å². The molecule has 0 aliphatic carbocycles. The molecular formula is C15H24N4O4S2. The fraction of sp³-hybridized carbons (Fsp3) is 0.667. The van der Waals surface area contributed by atoms with Gasteiger partial charge in [-0.1, -0.05) is 17.8 Å². The average Bonchev–Trinajstić information content (AvgIpc) is 3.00. The molecule has 2 aliphatic heterocycles. The Labute approximate surface area is 157 Å². The Morgan fingerprint density at radius 3 is 2.80 bits per heavy atom. The van der Waals surface area contributed by atoms with Gasteiger partial charge >= 0.3 is 12.1 Å². The standard InChI is InChI=1S/C15H24N4O4S2/c1-2-5-23-15(21)19-10-12(24)8-11(19)9-13(17-22)16-14(20)18-3-6-25-7-4-18/h2,11-12,22,24H,1,3-10H2,(H,16,17,20)/t11-,12-/m0/s1.